The number of H-pyrrole nitrogens is 1. The van der Waals surface area contributed by atoms with Crippen LogP contribution >= 0.6 is 0 Å². The number of aromatic nitrogens is 2. The standard InChI is InChI=1S/C23H23N3O6/c1-30-15-6-7-17(31-2)16(13-15)20-19(21(27)18-5-3-12-32-18)22(28)23(29)26(20)10-4-9-25-11-8-24-14-25/h3,5-8,11-14,20H,4,9-10H2,1-2H3,(H,27,28). The number of nitrogens with one attached hydrogen (secondary N) is 1. The normalized spacial score (nSPS) is 16.0. The van der Waals surface area contributed by atoms with Crippen molar-refractivity contribution >= 4 is 11.7 Å². The number of methoxy groups -OCH3 is 2. The van der Waals surface area contributed by atoms with Crippen LogP contribution in [-0.2, 0) is 11.3 Å². The van der Waals surface area contributed by atoms with Crippen LogP contribution in [0.1, 0.15) is 28.6 Å². The van der Waals surface area contributed by atoms with Gasteiger partial charge >= 0.3 is 0 Å². The van der Waals surface area contributed by atoms with Gasteiger partial charge in [-0.15, -0.1) is 0 Å². The first kappa shape index (κ1) is 21.2. The summed E-state index contributed by atoms with van der Waals surface area (Å²) in [5.41, 5.74) is 0.334. The maximum Gasteiger partial charge on any atom is 0.241 e. The summed E-state index contributed by atoms with van der Waals surface area (Å²) in [6.07, 6.45) is 7.39. The number of carbonyl (C=O) groups excluding carboxylic acids is 2. The monoisotopic (exact) mass is 437 g/mol. The highest BCUT2D eigenvalue weighted by Gasteiger charge is 2.41. The minimum atomic E-state index is -0.922. The second-order valence-electron chi connectivity index (χ2n) is 7.26. The first-order chi connectivity index (χ1) is 15.5. The van der Waals surface area contributed by atoms with E-state index in [9.17, 15) is 14.7 Å². The Hall–Kier alpha value is -4.01. The molecule has 1 N–H and O–H groups in total. The van der Waals surface area contributed by atoms with Crippen molar-refractivity contribution in [2.45, 2.75) is 19.0 Å². The second kappa shape index (κ2) is 9.01. The Morgan fingerprint density at radius 3 is 2.78 bits per heavy atom. The molecule has 2 aromatic heterocycles. The molecule has 166 valence electrons. The third-order valence-electron chi connectivity index (χ3n) is 5.42. The lowest BCUT2D eigenvalue weighted by atomic mass is 9.94. The molecule has 1 atom stereocenters. The zero-order valence-corrected chi connectivity index (χ0v) is 17.7. The van der Waals surface area contributed by atoms with E-state index in [0.29, 0.717) is 30.0 Å². The molecule has 1 aliphatic heterocycles. The van der Waals surface area contributed by atoms with Crippen LogP contribution in [0.5, 0.6) is 11.5 Å². The molecule has 3 heterocycles. The van der Waals surface area contributed by atoms with E-state index < -0.39 is 23.5 Å². The van der Waals surface area contributed by atoms with E-state index >= 15 is 0 Å². The average Bonchev–Trinajstić information content (AvgIpc) is 3.57. The molecule has 1 aliphatic rings. The molecular weight excluding hydrogens is 414 g/mol. The smallest absolute Gasteiger partial charge is 0.241 e. The quantitative estimate of drug-likeness (QED) is 0.400. The fourth-order valence-corrected chi connectivity index (χ4v) is 3.90. The van der Waals surface area contributed by atoms with E-state index in [1.807, 2.05) is 10.8 Å². The minimum absolute atomic E-state index is 0.00209. The van der Waals surface area contributed by atoms with E-state index in [-0.39, 0.29) is 17.9 Å². The third-order valence-corrected chi connectivity index (χ3v) is 5.42. The summed E-state index contributed by atoms with van der Waals surface area (Å²) in [6, 6.07) is 7.18. The van der Waals surface area contributed by atoms with Crippen LogP contribution < -0.4 is 19.1 Å². The molecule has 1 unspecified atom stereocenters. The number of hydrogen-bond acceptors (Lipinski definition) is 6. The van der Waals surface area contributed by atoms with Gasteiger partial charge in [-0.05, 0) is 36.1 Å². The molecule has 4 rings (SSSR count). The van der Waals surface area contributed by atoms with Crippen LogP contribution in [-0.4, -0.2) is 42.3 Å². The molecule has 0 saturated heterocycles. The molecule has 0 radical (unpaired) electrons. The van der Waals surface area contributed by atoms with Crippen molar-refractivity contribution < 1.29 is 33.2 Å². The molecule has 9 nitrogen and oxygen atoms in total. The van der Waals surface area contributed by atoms with Crippen LogP contribution in [0.15, 0.2) is 71.1 Å². The molecule has 32 heavy (non-hydrogen) atoms. The molecule has 0 fully saturated rings. The van der Waals surface area contributed by atoms with Crippen molar-refractivity contribution in [3.63, 3.8) is 0 Å². The van der Waals surface area contributed by atoms with Crippen LogP contribution in [0.4, 0.5) is 0 Å². The summed E-state index contributed by atoms with van der Waals surface area (Å²) in [4.78, 5) is 30.6. The largest absolute Gasteiger partial charge is 0.868 e. The topological polar surface area (TPSA) is 112 Å². The van der Waals surface area contributed by atoms with Gasteiger partial charge in [-0.3, -0.25) is 14.6 Å². The van der Waals surface area contributed by atoms with E-state index in [1.54, 1.807) is 36.8 Å². The van der Waals surface area contributed by atoms with Crippen LogP contribution in [0.2, 0.25) is 0 Å². The van der Waals surface area contributed by atoms with Crippen molar-refractivity contribution in [1.29, 1.82) is 0 Å². The average molecular weight is 437 g/mol. The molecule has 1 aromatic carbocycles. The second-order valence-corrected chi connectivity index (χ2v) is 7.26. The van der Waals surface area contributed by atoms with Gasteiger partial charge in [0, 0.05) is 24.1 Å². The van der Waals surface area contributed by atoms with Gasteiger partial charge in [0.25, 0.3) is 0 Å². The number of furan rings is 1. The predicted molar refractivity (Wildman–Crippen MR) is 110 cm³/mol. The number of aryl methyl sites for hydroxylation is 1. The molecule has 9 heteroatoms. The predicted octanol–water partition coefficient (Wildman–Crippen LogP) is 1.38. The Balaban J connectivity index is 1.74. The van der Waals surface area contributed by atoms with Gasteiger partial charge in [-0.1, -0.05) is 0 Å². The summed E-state index contributed by atoms with van der Waals surface area (Å²) in [5.74, 6) is -1.24. The van der Waals surface area contributed by atoms with E-state index in [2.05, 4.69) is 4.98 Å². The number of amides is 1. The van der Waals surface area contributed by atoms with Crippen LogP contribution in [0.25, 0.3) is 0 Å². The van der Waals surface area contributed by atoms with Gasteiger partial charge < -0.3 is 23.9 Å². The number of ketones is 1. The molecule has 1 amide bonds. The van der Waals surface area contributed by atoms with E-state index in [0.717, 1.165) is 0 Å². The van der Waals surface area contributed by atoms with E-state index in [1.165, 1.54) is 31.4 Å². The Morgan fingerprint density at radius 2 is 2.12 bits per heavy atom. The summed E-state index contributed by atoms with van der Waals surface area (Å²) in [5, 5.41) is 13.0. The van der Waals surface area contributed by atoms with Gasteiger partial charge in [0.2, 0.25) is 18.0 Å². The summed E-state index contributed by atoms with van der Waals surface area (Å²) in [6.45, 7) is 0.896. The summed E-state index contributed by atoms with van der Waals surface area (Å²) < 4.78 is 18.0. The van der Waals surface area contributed by atoms with Crippen molar-refractivity contribution in [3.8, 4) is 11.5 Å². The third kappa shape index (κ3) is 3.84. The number of nitrogens with zero attached hydrogens (tertiary/aromatic N) is 2. The lowest BCUT2D eigenvalue weighted by Crippen LogP contribution is -2.37. The van der Waals surface area contributed by atoms with Gasteiger partial charge in [-0.2, -0.15) is 0 Å². The lowest BCUT2D eigenvalue weighted by molar-refractivity contribution is -0.695. The molecule has 0 aliphatic carbocycles. The Labute approximate surface area is 184 Å². The Bertz CT molecular complexity index is 1130. The number of benzene rings is 1. The number of carbonyl (C=O) groups is 2. The zero-order valence-electron chi connectivity index (χ0n) is 17.7. The molecule has 0 bridgehead atoms. The Morgan fingerprint density at radius 1 is 1.28 bits per heavy atom. The maximum absolute atomic E-state index is 13.2. The summed E-state index contributed by atoms with van der Waals surface area (Å²) in [7, 11) is 3.01. The van der Waals surface area contributed by atoms with Crippen molar-refractivity contribution in [2.75, 3.05) is 20.8 Å². The number of Topliss-reactive ketones (excluding diaryl/α,β-unsaturated/α-hetero) is 1. The lowest BCUT2D eigenvalue weighted by Gasteiger charge is -2.28. The van der Waals surface area contributed by atoms with Gasteiger partial charge in [0.1, 0.15) is 23.9 Å². The zero-order chi connectivity index (χ0) is 22.7. The van der Waals surface area contributed by atoms with Gasteiger partial charge in [-0.25, -0.2) is 4.57 Å². The number of rotatable bonds is 9. The highest BCUT2D eigenvalue weighted by atomic mass is 16.5. The van der Waals surface area contributed by atoms with Crippen molar-refractivity contribution in [1.82, 2.24) is 9.88 Å². The molecule has 0 saturated carbocycles. The SMILES string of the molecule is COc1ccc(OC)c(C2C(C(=O)c3ccco3)=C([O-])C(=O)N2CCC[n+]2cc[nH]c2)c1. The molecular formula is C23H23N3O6. The Kier molecular flexibility index (Phi) is 5.98. The number of aromatic amines is 1. The highest BCUT2D eigenvalue weighted by molar-refractivity contribution is 6.14. The molecule has 0 spiro atoms. The van der Waals surface area contributed by atoms with Gasteiger partial charge in [0.05, 0.1) is 33.1 Å². The van der Waals surface area contributed by atoms with Crippen LogP contribution in [0, 0.1) is 0 Å². The number of hydrogen-bond donors (Lipinski definition) is 1. The first-order valence-electron chi connectivity index (χ1n) is 10.1. The fraction of sp³-hybridized carbons (Fsp3) is 0.261. The van der Waals surface area contributed by atoms with E-state index in [4.69, 9.17) is 13.9 Å². The maximum atomic E-state index is 13.2. The first-order valence-corrected chi connectivity index (χ1v) is 10.1. The van der Waals surface area contributed by atoms with Crippen LogP contribution in [0.3, 0.4) is 0 Å². The molecule has 3 aromatic rings. The fourth-order valence-electron chi connectivity index (χ4n) is 3.90. The number of ether oxygens (including phenoxy) is 2. The van der Waals surface area contributed by atoms with Crippen molar-refractivity contribution in [3.05, 3.63) is 78.0 Å². The number of imidazole rings is 1. The highest BCUT2D eigenvalue weighted by Crippen LogP contribution is 2.43. The van der Waals surface area contributed by atoms with Gasteiger partial charge in [0.15, 0.2) is 5.76 Å². The summed E-state index contributed by atoms with van der Waals surface area (Å²) >= 11 is 0. The van der Waals surface area contributed by atoms with Crippen molar-refractivity contribution in [2.24, 2.45) is 0 Å². The minimum Gasteiger partial charge on any atom is -0.868 e.